The molecule has 3 atom stereocenters. The first-order valence-corrected chi connectivity index (χ1v) is 5.04. The fraction of sp³-hybridized carbons (Fsp3) is 1.00. The first kappa shape index (κ1) is 10.9. The molecule has 1 saturated heterocycles. The summed E-state index contributed by atoms with van der Waals surface area (Å²) in [5.41, 5.74) is 0. The number of hydrogen-bond donors (Lipinski definition) is 3. The summed E-state index contributed by atoms with van der Waals surface area (Å²) in [6, 6.07) is 0. The summed E-state index contributed by atoms with van der Waals surface area (Å²) < 4.78 is 0. The Hall–Kier alpha value is -0.160. The molecule has 13 heavy (non-hydrogen) atoms. The highest BCUT2D eigenvalue weighted by Gasteiger charge is 2.23. The maximum atomic E-state index is 3.51. The number of rotatable bonds is 3. The first-order valence-electron chi connectivity index (χ1n) is 5.04. The maximum Gasteiger partial charge on any atom is 0.116 e. The third kappa shape index (κ3) is 2.91. The van der Waals surface area contributed by atoms with Crippen LogP contribution in [0.15, 0.2) is 0 Å². The second kappa shape index (κ2) is 4.91. The molecular formula is C9H22N4. The lowest BCUT2D eigenvalue weighted by molar-refractivity contribution is 0.110. The van der Waals surface area contributed by atoms with Gasteiger partial charge in [-0.3, -0.25) is 20.9 Å². The van der Waals surface area contributed by atoms with Crippen LogP contribution in [0.2, 0.25) is 0 Å². The molecule has 78 valence electrons. The Morgan fingerprint density at radius 3 is 2.62 bits per heavy atom. The first-order chi connectivity index (χ1) is 6.15. The highest BCUT2D eigenvalue weighted by Crippen LogP contribution is 2.07. The highest BCUT2D eigenvalue weighted by atomic mass is 15.4. The largest absolute Gasteiger partial charge is 0.289 e. The fourth-order valence-electron chi connectivity index (χ4n) is 1.49. The molecule has 1 aliphatic rings. The summed E-state index contributed by atoms with van der Waals surface area (Å²) in [5.74, 6) is 0.671. The molecule has 1 heterocycles. The van der Waals surface area contributed by atoms with E-state index >= 15 is 0 Å². The molecule has 1 aliphatic heterocycles. The van der Waals surface area contributed by atoms with Crippen molar-refractivity contribution in [3.05, 3.63) is 0 Å². The van der Waals surface area contributed by atoms with E-state index in [2.05, 4.69) is 48.8 Å². The number of hydrogen-bond acceptors (Lipinski definition) is 4. The normalized spacial score (nSPS) is 32.1. The highest BCUT2D eigenvalue weighted by molar-refractivity contribution is 4.78. The van der Waals surface area contributed by atoms with Crippen LogP contribution in [0.1, 0.15) is 20.3 Å². The van der Waals surface area contributed by atoms with Gasteiger partial charge in [0.15, 0.2) is 0 Å². The molecule has 0 aromatic rings. The Kier molecular flexibility index (Phi) is 4.12. The molecule has 0 amide bonds. The summed E-state index contributed by atoms with van der Waals surface area (Å²) in [6.45, 7) is 5.37. The molecule has 0 saturated carbocycles. The van der Waals surface area contributed by atoms with E-state index < -0.39 is 0 Å². The van der Waals surface area contributed by atoms with Gasteiger partial charge in [0, 0.05) is 6.67 Å². The minimum absolute atomic E-state index is 0.292. The van der Waals surface area contributed by atoms with Crippen LogP contribution in [-0.4, -0.2) is 38.1 Å². The van der Waals surface area contributed by atoms with Gasteiger partial charge in [-0.05, 0) is 20.0 Å². The van der Waals surface area contributed by atoms with Gasteiger partial charge in [0.2, 0.25) is 0 Å². The van der Waals surface area contributed by atoms with Crippen molar-refractivity contribution in [2.24, 2.45) is 5.92 Å². The van der Waals surface area contributed by atoms with E-state index in [0.717, 1.165) is 6.67 Å². The van der Waals surface area contributed by atoms with Gasteiger partial charge in [0.05, 0.1) is 6.17 Å². The summed E-state index contributed by atoms with van der Waals surface area (Å²) in [4.78, 5) is 2.15. The van der Waals surface area contributed by atoms with Crippen molar-refractivity contribution in [3.8, 4) is 0 Å². The van der Waals surface area contributed by atoms with Crippen LogP contribution in [0.25, 0.3) is 0 Å². The summed E-state index contributed by atoms with van der Waals surface area (Å²) >= 11 is 0. The molecule has 0 aromatic carbocycles. The molecule has 4 heteroatoms. The molecule has 3 unspecified atom stereocenters. The Bertz CT molecular complexity index is 149. The van der Waals surface area contributed by atoms with Gasteiger partial charge in [-0.2, -0.15) is 0 Å². The lowest BCUT2D eigenvalue weighted by atomic mass is 10.1. The van der Waals surface area contributed by atoms with Crippen LogP contribution in [0.4, 0.5) is 0 Å². The summed E-state index contributed by atoms with van der Waals surface area (Å²) in [6.07, 6.45) is 1.92. The Labute approximate surface area is 81.1 Å². The van der Waals surface area contributed by atoms with Gasteiger partial charge in [0.25, 0.3) is 0 Å². The number of nitrogens with one attached hydrogen (secondary N) is 3. The Morgan fingerprint density at radius 2 is 2.08 bits per heavy atom. The topological polar surface area (TPSA) is 39.3 Å². The van der Waals surface area contributed by atoms with Gasteiger partial charge in [0.1, 0.15) is 6.29 Å². The van der Waals surface area contributed by atoms with Crippen molar-refractivity contribution in [3.63, 3.8) is 0 Å². The average molecular weight is 186 g/mol. The van der Waals surface area contributed by atoms with Gasteiger partial charge in [-0.25, -0.2) is 0 Å². The van der Waals surface area contributed by atoms with Crippen LogP contribution in [0.5, 0.6) is 0 Å². The summed E-state index contributed by atoms with van der Waals surface area (Å²) in [7, 11) is 4.15. The minimum Gasteiger partial charge on any atom is -0.289 e. The Balaban J connectivity index is 2.41. The smallest absolute Gasteiger partial charge is 0.116 e. The van der Waals surface area contributed by atoms with Crippen LogP contribution in [-0.2, 0) is 0 Å². The molecular weight excluding hydrogens is 164 g/mol. The van der Waals surface area contributed by atoms with E-state index in [1.165, 1.54) is 6.42 Å². The van der Waals surface area contributed by atoms with E-state index in [-0.39, 0.29) is 0 Å². The molecule has 0 spiro atoms. The van der Waals surface area contributed by atoms with Crippen molar-refractivity contribution >= 4 is 0 Å². The van der Waals surface area contributed by atoms with Crippen LogP contribution in [0.3, 0.4) is 0 Å². The average Bonchev–Trinajstić information content (AvgIpc) is 2.17. The van der Waals surface area contributed by atoms with Crippen molar-refractivity contribution < 1.29 is 0 Å². The fourth-order valence-corrected chi connectivity index (χ4v) is 1.49. The predicted octanol–water partition coefficient (Wildman–Crippen LogP) is -0.0563. The monoisotopic (exact) mass is 186 g/mol. The van der Waals surface area contributed by atoms with E-state index in [0.29, 0.717) is 18.4 Å². The molecule has 0 radical (unpaired) electrons. The van der Waals surface area contributed by atoms with E-state index in [4.69, 9.17) is 0 Å². The molecule has 0 aliphatic carbocycles. The number of nitrogens with zero attached hydrogens (tertiary/aromatic N) is 1. The zero-order chi connectivity index (χ0) is 9.84. The third-order valence-corrected chi connectivity index (χ3v) is 2.68. The van der Waals surface area contributed by atoms with Crippen LogP contribution < -0.4 is 16.0 Å². The van der Waals surface area contributed by atoms with Crippen LogP contribution >= 0.6 is 0 Å². The minimum atomic E-state index is 0.292. The van der Waals surface area contributed by atoms with Gasteiger partial charge in [-0.1, -0.05) is 20.3 Å². The van der Waals surface area contributed by atoms with Crippen molar-refractivity contribution in [2.75, 3.05) is 20.8 Å². The van der Waals surface area contributed by atoms with Gasteiger partial charge >= 0.3 is 0 Å². The van der Waals surface area contributed by atoms with Crippen LogP contribution in [0, 0.1) is 5.92 Å². The lowest BCUT2D eigenvalue weighted by Crippen LogP contribution is -2.67. The molecule has 0 bridgehead atoms. The molecule has 1 rings (SSSR count). The van der Waals surface area contributed by atoms with E-state index in [1.54, 1.807) is 0 Å². The second-order valence-corrected chi connectivity index (χ2v) is 3.98. The SMILES string of the molecule is CCC(C)C1NCNC(N(C)C)N1. The van der Waals surface area contributed by atoms with Gasteiger partial charge in [-0.15, -0.1) is 0 Å². The second-order valence-electron chi connectivity index (χ2n) is 3.98. The standard InChI is InChI=1S/C9H22N4/c1-5-7(2)8-10-6-11-9(12-8)13(3)4/h7-12H,5-6H2,1-4H3. The van der Waals surface area contributed by atoms with Crippen molar-refractivity contribution in [1.82, 2.24) is 20.9 Å². The third-order valence-electron chi connectivity index (χ3n) is 2.68. The quantitative estimate of drug-likeness (QED) is 0.577. The van der Waals surface area contributed by atoms with Crippen molar-refractivity contribution in [1.29, 1.82) is 0 Å². The van der Waals surface area contributed by atoms with Crippen molar-refractivity contribution in [2.45, 2.75) is 32.7 Å². The maximum absolute atomic E-state index is 3.51. The van der Waals surface area contributed by atoms with E-state index in [1.807, 2.05) is 0 Å². The zero-order valence-corrected chi connectivity index (χ0v) is 9.09. The summed E-state index contributed by atoms with van der Waals surface area (Å²) in [5, 5.41) is 10.2. The molecule has 4 nitrogen and oxygen atoms in total. The molecule has 3 N–H and O–H groups in total. The molecule has 0 aromatic heterocycles. The van der Waals surface area contributed by atoms with E-state index in [9.17, 15) is 0 Å². The molecule has 1 fully saturated rings. The zero-order valence-electron chi connectivity index (χ0n) is 9.09. The van der Waals surface area contributed by atoms with Gasteiger partial charge < -0.3 is 0 Å². The predicted molar refractivity (Wildman–Crippen MR) is 55.0 cm³/mol. The Morgan fingerprint density at radius 1 is 1.38 bits per heavy atom. The lowest BCUT2D eigenvalue weighted by Gasteiger charge is -2.39.